The molecule has 0 saturated heterocycles. The standard InChI is InChI=1S/C15H24/c1-10(2)6-5-7-14(3)11-8-12-13(9-11)15(12,14)4/h6,11-13H,5,7-9H2,1-4H3/t11?,12-,13?,14?,15?/m1/s1. The van der Waals surface area contributed by atoms with Crippen molar-refractivity contribution in [3.05, 3.63) is 11.6 Å². The molecular formula is C15H24. The smallest absolute Gasteiger partial charge is 0.0207 e. The van der Waals surface area contributed by atoms with Crippen LogP contribution in [-0.2, 0) is 0 Å². The van der Waals surface area contributed by atoms with Crippen molar-refractivity contribution >= 4 is 0 Å². The number of allylic oxidation sites excluding steroid dienone is 2. The Labute approximate surface area is 94.1 Å². The van der Waals surface area contributed by atoms with Gasteiger partial charge in [-0.05, 0) is 68.1 Å². The van der Waals surface area contributed by atoms with Gasteiger partial charge in [0.1, 0.15) is 0 Å². The second kappa shape index (κ2) is 2.70. The maximum atomic E-state index is 2.59. The van der Waals surface area contributed by atoms with E-state index in [1.54, 1.807) is 12.8 Å². The largest absolute Gasteiger partial charge is 0.0859 e. The van der Waals surface area contributed by atoms with Gasteiger partial charge < -0.3 is 0 Å². The molecule has 0 heteroatoms. The van der Waals surface area contributed by atoms with Crippen LogP contribution in [0, 0.1) is 28.6 Å². The van der Waals surface area contributed by atoms with Gasteiger partial charge in [0, 0.05) is 0 Å². The molecule has 15 heavy (non-hydrogen) atoms. The highest BCUT2D eigenvalue weighted by molar-refractivity contribution is 5.28. The van der Waals surface area contributed by atoms with Crippen LogP contribution in [0.3, 0.4) is 0 Å². The zero-order chi connectivity index (χ0) is 10.8. The predicted molar refractivity (Wildman–Crippen MR) is 64.6 cm³/mol. The summed E-state index contributed by atoms with van der Waals surface area (Å²) >= 11 is 0. The fourth-order valence-corrected chi connectivity index (χ4v) is 5.17. The molecule has 0 aromatic carbocycles. The Kier molecular flexibility index (Phi) is 1.79. The summed E-state index contributed by atoms with van der Waals surface area (Å²) in [6, 6.07) is 0. The Morgan fingerprint density at radius 1 is 1.20 bits per heavy atom. The fraction of sp³-hybridized carbons (Fsp3) is 0.867. The van der Waals surface area contributed by atoms with Crippen molar-refractivity contribution in [2.24, 2.45) is 28.6 Å². The van der Waals surface area contributed by atoms with E-state index in [9.17, 15) is 0 Å². The first-order valence-corrected chi connectivity index (χ1v) is 6.63. The van der Waals surface area contributed by atoms with Gasteiger partial charge in [-0.2, -0.15) is 0 Å². The van der Waals surface area contributed by atoms with Crippen LogP contribution in [0.2, 0.25) is 0 Å². The van der Waals surface area contributed by atoms with E-state index in [-0.39, 0.29) is 0 Å². The average Bonchev–Trinajstić information content (AvgIpc) is 2.53. The summed E-state index contributed by atoms with van der Waals surface area (Å²) in [6.45, 7) is 9.61. The van der Waals surface area contributed by atoms with Crippen LogP contribution in [-0.4, -0.2) is 0 Å². The molecule has 4 bridgehead atoms. The zero-order valence-corrected chi connectivity index (χ0v) is 10.6. The van der Waals surface area contributed by atoms with Crippen LogP contribution < -0.4 is 0 Å². The molecule has 4 saturated carbocycles. The zero-order valence-electron chi connectivity index (χ0n) is 10.6. The van der Waals surface area contributed by atoms with E-state index in [0.717, 1.165) is 23.2 Å². The molecule has 5 atom stereocenters. The molecule has 0 spiro atoms. The summed E-state index contributed by atoms with van der Waals surface area (Å²) in [5, 5.41) is 0. The van der Waals surface area contributed by atoms with E-state index >= 15 is 0 Å². The van der Waals surface area contributed by atoms with Gasteiger partial charge in [0.15, 0.2) is 0 Å². The maximum absolute atomic E-state index is 2.59. The van der Waals surface area contributed by atoms with Gasteiger partial charge in [-0.25, -0.2) is 0 Å². The minimum absolute atomic E-state index is 0.689. The van der Waals surface area contributed by atoms with E-state index in [1.165, 1.54) is 18.4 Å². The minimum atomic E-state index is 0.689. The van der Waals surface area contributed by atoms with E-state index in [2.05, 4.69) is 33.8 Å². The number of rotatable bonds is 3. The predicted octanol–water partition coefficient (Wildman–Crippen LogP) is 4.42. The van der Waals surface area contributed by atoms with Crippen LogP contribution in [0.4, 0.5) is 0 Å². The van der Waals surface area contributed by atoms with Crippen LogP contribution in [0.25, 0.3) is 0 Å². The third kappa shape index (κ3) is 0.990. The summed E-state index contributed by atoms with van der Waals surface area (Å²) < 4.78 is 0. The van der Waals surface area contributed by atoms with Crippen molar-refractivity contribution < 1.29 is 0 Å². The van der Waals surface area contributed by atoms with Gasteiger partial charge in [0.05, 0.1) is 0 Å². The van der Waals surface area contributed by atoms with Gasteiger partial charge in [-0.3, -0.25) is 0 Å². The lowest BCUT2D eigenvalue weighted by Gasteiger charge is -2.34. The van der Waals surface area contributed by atoms with Crippen molar-refractivity contribution in [2.75, 3.05) is 0 Å². The second-order valence-corrected chi connectivity index (χ2v) is 6.90. The molecule has 0 aromatic heterocycles. The molecule has 84 valence electrons. The molecule has 4 fully saturated rings. The van der Waals surface area contributed by atoms with Crippen molar-refractivity contribution in [3.8, 4) is 0 Å². The van der Waals surface area contributed by atoms with Crippen LogP contribution in [0.15, 0.2) is 11.6 Å². The third-order valence-electron chi connectivity index (χ3n) is 6.34. The van der Waals surface area contributed by atoms with E-state index in [4.69, 9.17) is 0 Å². The molecule has 4 aliphatic rings. The molecular weight excluding hydrogens is 180 g/mol. The van der Waals surface area contributed by atoms with Gasteiger partial charge in [-0.1, -0.05) is 25.5 Å². The maximum Gasteiger partial charge on any atom is -0.0207 e. The Morgan fingerprint density at radius 3 is 2.20 bits per heavy atom. The molecule has 4 unspecified atom stereocenters. The molecule has 0 amide bonds. The Balaban J connectivity index is 1.73. The summed E-state index contributed by atoms with van der Waals surface area (Å²) in [4.78, 5) is 0. The van der Waals surface area contributed by atoms with Crippen LogP contribution in [0.5, 0.6) is 0 Å². The summed E-state index contributed by atoms with van der Waals surface area (Å²) in [6.07, 6.45) is 8.30. The van der Waals surface area contributed by atoms with Gasteiger partial charge in [0.25, 0.3) is 0 Å². The number of hydrogen-bond acceptors (Lipinski definition) is 0. The van der Waals surface area contributed by atoms with Gasteiger partial charge in [-0.15, -0.1) is 0 Å². The van der Waals surface area contributed by atoms with Crippen molar-refractivity contribution in [2.45, 2.75) is 53.4 Å². The summed E-state index contributed by atoms with van der Waals surface area (Å²) in [5.41, 5.74) is 2.93. The molecule has 0 nitrogen and oxygen atoms in total. The van der Waals surface area contributed by atoms with Crippen molar-refractivity contribution in [1.29, 1.82) is 0 Å². The molecule has 0 heterocycles. The first-order chi connectivity index (χ1) is 7.00. The lowest BCUT2D eigenvalue weighted by molar-refractivity contribution is 0.155. The molecule has 4 aliphatic carbocycles. The summed E-state index contributed by atoms with van der Waals surface area (Å²) in [5.74, 6) is 3.32. The highest BCUT2D eigenvalue weighted by atomic mass is 14.8. The topological polar surface area (TPSA) is 0 Å². The Morgan fingerprint density at radius 2 is 1.80 bits per heavy atom. The molecule has 4 rings (SSSR count). The van der Waals surface area contributed by atoms with Crippen LogP contribution >= 0.6 is 0 Å². The third-order valence-corrected chi connectivity index (χ3v) is 6.34. The lowest BCUT2D eigenvalue weighted by Crippen LogP contribution is -2.26. The van der Waals surface area contributed by atoms with E-state index in [0.29, 0.717) is 5.41 Å². The van der Waals surface area contributed by atoms with E-state index in [1.807, 2.05) is 0 Å². The Hall–Kier alpha value is -0.260. The lowest BCUT2D eigenvalue weighted by atomic mass is 9.71. The normalized spacial score (nSPS) is 54.5. The highest BCUT2D eigenvalue weighted by Crippen LogP contribution is 2.86. The number of hydrogen-bond donors (Lipinski definition) is 0. The minimum Gasteiger partial charge on any atom is -0.0859 e. The first-order valence-electron chi connectivity index (χ1n) is 6.63. The highest BCUT2D eigenvalue weighted by Gasteiger charge is 2.80. The van der Waals surface area contributed by atoms with Gasteiger partial charge >= 0.3 is 0 Å². The molecule has 0 aromatic rings. The Bertz CT molecular complexity index is 309. The monoisotopic (exact) mass is 204 g/mol. The summed E-state index contributed by atoms with van der Waals surface area (Å²) in [7, 11) is 0. The molecule has 0 N–H and O–H groups in total. The van der Waals surface area contributed by atoms with Crippen molar-refractivity contribution in [3.63, 3.8) is 0 Å². The SMILES string of the molecule is CC(C)=CCCC1(C)C2CC3[C@@H](C2)C31C. The van der Waals surface area contributed by atoms with Crippen molar-refractivity contribution in [1.82, 2.24) is 0 Å². The average molecular weight is 204 g/mol. The van der Waals surface area contributed by atoms with Crippen LogP contribution in [0.1, 0.15) is 53.4 Å². The first kappa shape index (κ1) is 9.93. The molecule has 0 aliphatic heterocycles. The molecule has 0 radical (unpaired) electrons. The van der Waals surface area contributed by atoms with E-state index < -0.39 is 0 Å². The quantitative estimate of drug-likeness (QED) is 0.597. The fourth-order valence-electron chi connectivity index (χ4n) is 5.17. The van der Waals surface area contributed by atoms with Gasteiger partial charge in [0.2, 0.25) is 0 Å². The second-order valence-electron chi connectivity index (χ2n) is 6.90.